The van der Waals surface area contributed by atoms with E-state index in [9.17, 15) is 4.79 Å². The van der Waals surface area contributed by atoms with E-state index in [2.05, 4.69) is 17.6 Å². The molecule has 1 aliphatic rings. The van der Waals surface area contributed by atoms with Crippen molar-refractivity contribution in [1.82, 2.24) is 10.6 Å². The van der Waals surface area contributed by atoms with Crippen LogP contribution in [0.25, 0.3) is 0 Å². The molecule has 2 rings (SSSR count). The van der Waals surface area contributed by atoms with Crippen molar-refractivity contribution in [2.24, 2.45) is 5.73 Å². The van der Waals surface area contributed by atoms with Crippen molar-refractivity contribution < 1.29 is 4.79 Å². The van der Waals surface area contributed by atoms with E-state index in [0.717, 1.165) is 25.1 Å². The summed E-state index contributed by atoms with van der Waals surface area (Å²) in [4.78, 5) is 11.1. The van der Waals surface area contributed by atoms with Gasteiger partial charge in [0.25, 0.3) is 0 Å². The minimum Gasteiger partial charge on any atom is -0.366 e. The van der Waals surface area contributed by atoms with Crippen LogP contribution in [0, 0.1) is 0 Å². The fourth-order valence-corrected chi connectivity index (χ4v) is 2.59. The second-order valence-electron chi connectivity index (χ2n) is 5.38. The predicted octanol–water partition coefficient (Wildman–Crippen LogP) is 1.41. The van der Waals surface area contributed by atoms with E-state index in [1.165, 1.54) is 12.8 Å². The van der Waals surface area contributed by atoms with Gasteiger partial charge in [-0.05, 0) is 50.4 Å². The van der Waals surface area contributed by atoms with Crippen LogP contribution in [0.15, 0.2) is 24.3 Å². The lowest BCUT2D eigenvalue weighted by Crippen LogP contribution is -2.33. The first-order valence-corrected chi connectivity index (χ1v) is 7.00. The van der Waals surface area contributed by atoms with Gasteiger partial charge in [0.1, 0.15) is 0 Å². The van der Waals surface area contributed by atoms with Crippen LogP contribution in [0.4, 0.5) is 0 Å². The van der Waals surface area contributed by atoms with Gasteiger partial charge in [-0.25, -0.2) is 0 Å². The maximum absolute atomic E-state index is 11.1. The Balaban J connectivity index is 1.80. The topological polar surface area (TPSA) is 67.2 Å². The van der Waals surface area contributed by atoms with Gasteiger partial charge in [0, 0.05) is 24.2 Å². The van der Waals surface area contributed by atoms with Crippen molar-refractivity contribution in [1.29, 1.82) is 0 Å². The van der Waals surface area contributed by atoms with Gasteiger partial charge in [0.2, 0.25) is 5.91 Å². The molecular weight excluding hydrogens is 238 g/mol. The number of primary amides is 1. The van der Waals surface area contributed by atoms with Crippen molar-refractivity contribution in [3.63, 3.8) is 0 Å². The third-order valence-corrected chi connectivity index (χ3v) is 3.67. The van der Waals surface area contributed by atoms with Crippen LogP contribution in [0.2, 0.25) is 0 Å². The summed E-state index contributed by atoms with van der Waals surface area (Å²) in [5.41, 5.74) is 6.95. The highest BCUT2D eigenvalue weighted by atomic mass is 16.1. The van der Waals surface area contributed by atoms with Crippen molar-refractivity contribution in [2.75, 3.05) is 6.54 Å². The highest BCUT2D eigenvalue weighted by Gasteiger charge is 2.16. The summed E-state index contributed by atoms with van der Waals surface area (Å²) in [7, 11) is 0. The number of rotatable bonds is 6. The fourth-order valence-electron chi connectivity index (χ4n) is 2.59. The molecule has 1 amide bonds. The van der Waals surface area contributed by atoms with Crippen LogP contribution >= 0.6 is 0 Å². The number of carbonyl (C=O) groups is 1. The third-order valence-electron chi connectivity index (χ3n) is 3.67. The summed E-state index contributed by atoms with van der Waals surface area (Å²) in [6, 6.07) is 8.61. The highest BCUT2D eigenvalue weighted by molar-refractivity contribution is 5.92. The molecule has 1 aromatic rings. The molecule has 0 aliphatic carbocycles. The molecule has 104 valence electrons. The van der Waals surface area contributed by atoms with Crippen LogP contribution in [0.3, 0.4) is 0 Å². The molecule has 1 aromatic carbocycles. The normalized spacial score (nSPS) is 20.4. The van der Waals surface area contributed by atoms with E-state index in [0.29, 0.717) is 17.6 Å². The van der Waals surface area contributed by atoms with E-state index < -0.39 is 0 Å². The fraction of sp³-hybridized carbons (Fsp3) is 0.533. The van der Waals surface area contributed by atoms with E-state index >= 15 is 0 Å². The number of nitrogens with two attached hydrogens (primary N) is 1. The SMILES string of the molecule is CC(CC1CCCN1)NCc1cccc(C(N)=O)c1. The molecule has 0 spiro atoms. The molecule has 2 atom stereocenters. The van der Waals surface area contributed by atoms with Crippen molar-refractivity contribution >= 4 is 5.91 Å². The summed E-state index contributed by atoms with van der Waals surface area (Å²) in [6.45, 7) is 4.13. The molecule has 1 aliphatic heterocycles. The van der Waals surface area contributed by atoms with Crippen molar-refractivity contribution in [3.8, 4) is 0 Å². The zero-order valence-corrected chi connectivity index (χ0v) is 11.5. The van der Waals surface area contributed by atoms with Crippen LogP contribution < -0.4 is 16.4 Å². The maximum Gasteiger partial charge on any atom is 0.248 e. The summed E-state index contributed by atoms with van der Waals surface area (Å²) >= 11 is 0. The van der Waals surface area contributed by atoms with Crippen LogP contribution in [-0.2, 0) is 6.54 Å². The number of amides is 1. The Labute approximate surface area is 114 Å². The number of nitrogens with one attached hydrogen (secondary N) is 2. The zero-order valence-electron chi connectivity index (χ0n) is 11.5. The Hall–Kier alpha value is -1.39. The van der Waals surface area contributed by atoms with Crippen LogP contribution in [0.5, 0.6) is 0 Å². The lowest BCUT2D eigenvalue weighted by Gasteiger charge is -2.18. The van der Waals surface area contributed by atoms with Gasteiger partial charge in [-0.2, -0.15) is 0 Å². The molecule has 1 saturated heterocycles. The molecule has 4 nitrogen and oxygen atoms in total. The summed E-state index contributed by atoms with van der Waals surface area (Å²) in [5, 5.41) is 7.01. The second-order valence-corrected chi connectivity index (χ2v) is 5.38. The summed E-state index contributed by atoms with van der Waals surface area (Å²) in [6.07, 6.45) is 3.72. The lowest BCUT2D eigenvalue weighted by molar-refractivity contribution is 0.1000. The van der Waals surface area contributed by atoms with E-state index in [1.54, 1.807) is 6.07 Å². The average Bonchev–Trinajstić information content (AvgIpc) is 2.89. The molecule has 0 aromatic heterocycles. The van der Waals surface area contributed by atoms with E-state index in [-0.39, 0.29) is 5.91 Å². The first-order valence-electron chi connectivity index (χ1n) is 7.00. The van der Waals surface area contributed by atoms with Gasteiger partial charge in [-0.15, -0.1) is 0 Å². The van der Waals surface area contributed by atoms with Gasteiger partial charge in [0.15, 0.2) is 0 Å². The standard InChI is InChI=1S/C15H23N3O/c1-11(8-14-6-3-7-17-14)18-10-12-4-2-5-13(9-12)15(16)19/h2,4-5,9,11,14,17-18H,3,6-8,10H2,1H3,(H2,16,19). The molecule has 19 heavy (non-hydrogen) atoms. The average molecular weight is 261 g/mol. The van der Waals surface area contributed by atoms with Gasteiger partial charge in [-0.3, -0.25) is 4.79 Å². The Morgan fingerprint density at radius 3 is 3.11 bits per heavy atom. The Bertz CT molecular complexity index is 427. The molecule has 0 saturated carbocycles. The van der Waals surface area contributed by atoms with Crippen molar-refractivity contribution in [2.45, 2.75) is 44.8 Å². The van der Waals surface area contributed by atoms with Crippen LogP contribution in [0.1, 0.15) is 42.1 Å². The predicted molar refractivity (Wildman–Crippen MR) is 76.9 cm³/mol. The number of carbonyl (C=O) groups excluding carboxylic acids is 1. The number of benzene rings is 1. The van der Waals surface area contributed by atoms with Crippen LogP contribution in [-0.4, -0.2) is 24.5 Å². The van der Waals surface area contributed by atoms with Gasteiger partial charge in [-0.1, -0.05) is 12.1 Å². The Kier molecular flexibility index (Phi) is 4.93. The molecule has 1 fully saturated rings. The van der Waals surface area contributed by atoms with Crippen molar-refractivity contribution in [3.05, 3.63) is 35.4 Å². The summed E-state index contributed by atoms with van der Waals surface area (Å²) in [5.74, 6) is -0.370. The highest BCUT2D eigenvalue weighted by Crippen LogP contribution is 2.11. The van der Waals surface area contributed by atoms with Gasteiger partial charge in [0.05, 0.1) is 0 Å². The molecule has 2 unspecified atom stereocenters. The van der Waals surface area contributed by atoms with Gasteiger partial charge >= 0.3 is 0 Å². The maximum atomic E-state index is 11.1. The smallest absolute Gasteiger partial charge is 0.248 e. The van der Waals surface area contributed by atoms with E-state index in [4.69, 9.17) is 5.73 Å². The minimum absolute atomic E-state index is 0.370. The zero-order chi connectivity index (χ0) is 13.7. The quantitative estimate of drug-likeness (QED) is 0.725. The molecule has 0 bridgehead atoms. The Morgan fingerprint density at radius 2 is 2.42 bits per heavy atom. The first-order chi connectivity index (χ1) is 9.15. The monoisotopic (exact) mass is 261 g/mol. The van der Waals surface area contributed by atoms with E-state index in [1.807, 2.05) is 18.2 Å². The second kappa shape index (κ2) is 6.68. The minimum atomic E-state index is -0.370. The third kappa shape index (κ3) is 4.33. The molecule has 4 N–H and O–H groups in total. The summed E-state index contributed by atoms with van der Waals surface area (Å²) < 4.78 is 0. The Morgan fingerprint density at radius 1 is 1.58 bits per heavy atom. The first kappa shape index (κ1) is 14.0. The number of hydrogen-bond acceptors (Lipinski definition) is 3. The lowest BCUT2D eigenvalue weighted by atomic mass is 10.1. The molecule has 1 heterocycles. The molecular formula is C15H23N3O. The number of hydrogen-bond donors (Lipinski definition) is 3. The molecule has 4 heteroatoms. The van der Waals surface area contributed by atoms with Gasteiger partial charge < -0.3 is 16.4 Å². The molecule has 0 radical (unpaired) electrons. The largest absolute Gasteiger partial charge is 0.366 e.